The third kappa shape index (κ3) is 4.18. The van der Waals surface area contributed by atoms with Crippen molar-refractivity contribution in [1.82, 2.24) is 19.1 Å². The standard InChI is InChI=1S/C8H13N3O.C7H11N3O/c1-5-6(2)11(4)8(12)10-7(5)9-3;1-5-4-10(3)7(11)9-6(5)8-2/h1-4H3,(H,9,10,12);4H,1-3H3,(H,8,9,11). The number of nitrogens with one attached hydrogen (secondary N) is 2. The second-order valence-electron chi connectivity index (χ2n) is 5.18. The van der Waals surface area contributed by atoms with Gasteiger partial charge in [-0.2, -0.15) is 9.97 Å². The Balaban J connectivity index is 0.000000231. The van der Waals surface area contributed by atoms with E-state index in [0.29, 0.717) is 11.6 Å². The van der Waals surface area contributed by atoms with Crippen LogP contribution in [0.3, 0.4) is 0 Å². The molecule has 0 fully saturated rings. The maximum Gasteiger partial charge on any atom is 0.349 e. The molecule has 0 saturated heterocycles. The summed E-state index contributed by atoms with van der Waals surface area (Å²) in [6.45, 7) is 5.74. The van der Waals surface area contributed by atoms with E-state index < -0.39 is 0 Å². The van der Waals surface area contributed by atoms with E-state index in [1.165, 1.54) is 9.13 Å². The van der Waals surface area contributed by atoms with Crippen molar-refractivity contribution in [3.63, 3.8) is 0 Å². The van der Waals surface area contributed by atoms with E-state index in [1.54, 1.807) is 34.4 Å². The zero-order chi connectivity index (χ0) is 17.7. The predicted molar refractivity (Wildman–Crippen MR) is 92.3 cm³/mol. The molecule has 0 bridgehead atoms. The molecule has 0 aliphatic heterocycles. The van der Waals surface area contributed by atoms with Gasteiger partial charge < -0.3 is 15.2 Å². The molecule has 0 saturated carbocycles. The zero-order valence-electron chi connectivity index (χ0n) is 14.7. The van der Waals surface area contributed by atoms with Crippen LogP contribution in [0.15, 0.2) is 15.8 Å². The summed E-state index contributed by atoms with van der Waals surface area (Å²) < 4.78 is 2.99. The van der Waals surface area contributed by atoms with Crippen LogP contribution in [-0.4, -0.2) is 33.2 Å². The number of aromatic nitrogens is 4. The number of rotatable bonds is 2. The summed E-state index contributed by atoms with van der Waals surface area (Å²) in [5.74, 6) is 1.31. The molecule has 2 heterocycles. The Kier molecular flexibility index (Phi) is 6.06. The molecule has 0 atom stereocenters. The summed E-state index contributed by atoms with van der Waals surface area (Å²) in [6, 6.07) is 0. The Morgan fingerprint density at radius 3 is 1.96 bits per heavy atom. The van der Waals surface area contributed by atoms with Gasteiger partial charge in [-0.3, -0.25) is 4.57 Å². The average Bonchev–Trinajstić information content (AvgIpc) is 2.53. The molecule has 0 aliphatic rings. The maximum absolute atomic E-state index is 11.2. The first-order valence-electron chi connectivity index (χ1n) is 7.16. The van der Waals surface area contributed by atoms with Gasteiger partial charge in [0, 0.05) is 51.2 Å². The molecule has 8 nitrogen and oxygen atoms in total. The summed E-state index contributed by atoms with van der Waals surface area (Å²) in [5.41, 5.74) is 2.47. The minimum atomic E-state index is -0.236. The molecule has 0 aliphatic carbocycles. The first-order valence-corrected chi connectivity index (χ1v) is 7.16. The Labute approximate surface area is 135 Å². The summed E-state index contributed by atoms with van der Waals surface area (Å²) in [6.07, 6.45) is 1.75. The van der Waals surface area contributed by atoms with Gasteiger partial charge >= 0.3 is 11.4 Å². The van der Waals surface area contributed by atoms with E-state index in [9.17, 15) is 9.59 Å². The van der Waals surface area contributed by atoms with E-state index >= 15 is 0 Å². The second-order valence-corrected chi connectivity index (χ2v) is 5.18. The highest BCUT2D eigenvalue weighted by Crippen LogP contribution is 2.10. The SMILES string of the molecule is CNc1nc(=O)n(C)c(C)c1C.CNc1nc(=O)n(C)cc1C. The van der Waals surface area contributed by atoms with Crippen molar-refractivity contribution in [2.75, 3.05) is 24.7 Å². The van der Waals surface area contributed by atoms with Gasteiger partial charge in [-0.05, 0) is 20.8 Å². The van der Waals surface area contributed by atoms with Crippen LogP contribution in [0.1, 0.15) is 16.8 Å². The molecule has 23 heavy (non-hydrogen) atoms. The fraction of sp³-hybridized carbons (Fsp3) is 0.467. The molecule has 0 amide bonds. The molecule has 2 aromatic heterocycles. The van der Waals surface area contributed by atoms with Crippen LogP contribution >= 0.6 is 0 Å². The quantitative estimate of drug-likeness (QED) is 0.840. The van der Waals surface area contributed by atoms with Gasteiger partial charge in [0.15, 0.2) is 0 Å². The van der Waals surface area contributed by atoms with Crippen LogP contribution in [0.5, 0.6) is 0 Å². The van der Waals surface area contributed by atoms with E-state index in [0.717, 1.165) is 16.8 Å². The van der Waals surface area contributed by atoms with Crippen molar-refractivity contribution >= 4 is 11.6 Å². The van der Waals surface area contributed by atoms with Gasteiger partial charge in [-0.15, -0.1) is 0 Å². The van der Waals surface area contributed by atoms with E-state index in [4.69, 9.17) is 0 Å². The molecule has 0 unspecified atom stereocenters. The van der Waals surface area contributed by atoms with Crippen LogP contribution in [-0.2, 0) is 14.1 Å². The highest BCUT2D eigenvalue weighted by atomic mass is 16.1. The normalized spacial score (nSPS) is 9.87. The Morgan fingerprint density at radius 2 is 1.43 bits per heavy atom. The monoisotopic (exact) mass is 320 g/mol. The molecular formula is C15H24N6O2. The Morgan fingerprint density at radius 1 is 0.913 bits per heavy atom. The molecule has 2 N–H and O–H groups in total. The molecule has 0 radical (unpaired) electrons. The van der Waals surface area contributed by atoms with Crippen LogP contribution in [0, 0.1) is 20.8 Å². The summed E-state index contributed by atoms with van der Waals surface area (Å²) in [4.78, 5) is 29.8. The first-order chi connectivity index (χ1) is 10.7. The molecule has 126 valence electrons. The number of anilines is 2. The molecular weight excluding hydrogens is 296 g/mol. The smallest absolute Gasteiger partial charge is 0.349 e. The Hall–Kier alpha value is -2.64. The number of nitrogens with zero attached hydrogens (tertiary/aromatic N) is 4. The van der Waals surface area contributed by atoms with Gasteiger partial charge in [0.2, 0.25) is 0 Å². The number of aryl methyl sites for hydroxylation is 2. The molecule has 2 aromatic rings. The van der Waals surface area contributed by atoms with E-state index in [-0.39, 0.29) is 11.4 Å². The molecule has 2 rings (SSSR count). The minimum Gasteiger partial charge on any atom is -0.373 e. The van der Waals surface area contributed by atoms with Crippen molar-refractivity contribution in [2.45, 2.75) is 20.8 Å². The third-order valence-electron chi connectivity index (χ3n) is 3.64. The topological polar surface area (TPSA) is 93.8 Å². The lowest BCUT2D eigenvalue weighted by Gasteiger charge is -2.09. The molecule has 0 aromatic carbocycles. The summed E-state index contributed by atoms with van der Waals surface area (Å²) in [5, 5.41) is 5.72. The van der Waals surface area contributed by atoms with Crippen LogP contribution in [0.2, 0.25) is 0 Å². The summed E-state index contributed by atoms with van der Waals surface area (Å²) in [7, 11) is 6.90. The van der Waals surface area contributed by atoms with Gasteiger partial charge in [-0.1, -0.05) is 0 Å². The van der Waals surface area contributed by atoms with Crippen LogP contribution in [0.4, 0.5) is 11.6 Å². The van der Waals surface area contributed by atoms with Crippen LogP contribution < -0.4 is 22.0 Å². The van der Waals surface area contributed by atoms with E-state index in [2.05, 4.69) is 20.6 Å². The van der Waals surface area contributed by atoms with E-state index in [1.807, 2.05) is 20.8 Å². The number of hydrogen-bond acceptors (Lipinski definition) is 6. The maximum atomic E-state index is 11.2. The predicted octanol–water partition coefficient (Wildman–Crippen LogP) is 0.569. The fourth-order valence-corrected chi connectivity index (χ4v) is 1.99. The van der Waals surface area contributed by atoms with Crippen LogP contribution in [0.25, 0.3) is 0 Å². The fourth-order valence-electron chi connectivity index (χ4n) is 1.99. The van der Waals surface area contributed by atoms with Gasteiger partial charge in [0.25, 0.3) is 0 Å². The second kappa shape index (κ2) is 7.57. The lowest BCUT2D eigenvalue weighted by atomic mass is 10.2. The van der Waals surface area contributed by atoms with Crippen molar-refractivity contribution in [3.05, 3.63) is 44.0 Å². The van der Waals surface area contributed by atoms with Gasteiger partial charge in [0.05, 0.1) is 0 Å². The average molecular weight is 320 g/mol. The van der Waals surface area contributed by atoms with Gasteiger partial charge in [0.1, 0.15) is 11.6 Å². The minimum absolute atomic E-state index is 0.220. The van der Waals surface area contributed by atoms with Gasteiger partial charge in [-0.25, -0.2) is 9.59 Å². The van der Waals surface area contributed by atoms with Crippen molar-refractivity contribution in [1.29, 1.82) is 0 Å². The third-order valence-corrected chi connectivity index (χ3v) is 3.64. The zero-order valence-corrected chi connectivity index (χ0v) is 14.7. The summed E-state index contributed by atoms with van der Waals surface area (Å²) >= 11 is 0. The first kappa shape index (κ1) is 18.4. The van der Waals surface area contributed by atoms with Crippen molar-refractivity contribution in [3.8, 4) is 0 Å². The number of hydrogen-bond donors (Lipinski definition) is 2. The largest absolute Gasteiger partial charge is 0.373 e. The molecule has 0 spiro atoms. The highest BCUT2D eigenvalue weighted by molar-refractivity contribution is 5.44. The Bertz CT molecular complexity index is 807. The van der Waals surface area contributed by atoms with Crippen molar-refractivity contribution in [2.24, 2.45) is 14.1 Å². The molecule has 8 heteroatoms. The lowest BCUT2D eigenvalue weighted by molar-refractivity contribution is 0.767. The van der Waals surface area contributed by atoms with Crippen molar-refractivity contribution < 1.29 is 0 Å². The highest BCUT2D eigenvalue weighted by Gasteiger charge is 2.05. The lowest BCUT2D eigenvalue weighted by Crippen LogP contribution is -2.24.